The number of aliphatic carboxylic acids is 1. The highest BCUT2D eigenvalue weighted by molar-refractivity contribution is 5.92. The number of amides is 1. The van der Waals surface area contributed by atoms with E-state index in [9.17, 15) is 14.7 Å². The van der Waals surface area contributed by atoms with Gasteiger partial charge in [-0.05, 0) is 19.8 Å². The summed E-state index contributed by atoms with van der Waals surface area (Å²) in [6.07, 6.45) is 7.41. The molecule has 1 aromatic heterocycles. The van der Waals surface area contributed by atoms with Crippen LogP contribution in [-0.2, 0) is 4.79 Å². The minimum atomic E-state index is -0.869. The number of carboxylic acid groups (broad SMARTS) is 1. The van der Waals surface area contributed by atoms with Crippen LogP contribution in [0.15, 0.2) is 12.4 Å². The summed E-state index contributed by atoms with van der Waals surface area (Å²) in [4.78, 5) is 33.5. The zero-order valence-corrected chi connectivity index (χ0v) is 12.5. The zero-order valence-electron chi connectivity index (χ0n) is 12.5. The Morgan fingerprint density at radius 2 is 1.90 bits per heavy atom. The van der Waals surface area contributed by atoms with Crippen molar-refractivity contribution in [3.8, 4) is 0 Å². The third-order valence-electron chi connectivity index (χ3n) is 4.28. The van der Waals surface area contributed by atoms with E-state index in [1.165, 1.54) is 6.20 Å². The van der Waals surface area contributed by atoms with E-state index < -0.39 is 11.5 Å². The molecule has 1 aromatic rings. The monoisotopic (exact) mass is 291 g/mol. The number of hydrogen-bond acceptors (Lipinski definition) is 4. The van der Waals surface area contributed by atoms with Gasteiger partial charge in [-0.25, -0.2) is 4.98 Å². The topological polar surface area (TPSA) is 83.4 Å². The predicted molar refractivity (Wildman–Crippen MR) is 76.9 cm³/mol. The maximum Gasteiger partial charge on any atom is 0.305 e. The van der Waals surface area contributed by atoms with Gasteiger partial charge in [-0.15, -0.1) is 0 Å². The van der Waals surface area contributed by atoms with Crippen LogP contribution in [-0.4, -0.2) is 44.4 Å². The van der Waals surface area contributed by atoms with E-state index in [4.69, 9.17) is 0 Å². The highest BCUT2D eigenvalue weighted by Gasteiger charge is 2.41. The van der Waals surface area contributed by atoms with E-state index in [2.05, 4.69) is 9.97 Å². The van der Waals surface area contributed by atoms with Crippen molar-refractivity contribution in [1.29, 1.82) is 0 Å². The van der Waals surface area contributed by atoms with Gasteiger partial charge in [-0.1, -0.05) is 19.3 Å². The molecular weight excluding hydrogens is 270 g/mol. The summed E-state index contributed by atoms with van der Waals surface area (Å²) in [6.45, 7) is 1.80. The summed E-state index contributed by atoms with van der Waals surface area (Å²) >= 11 is 0. The lowest BCUT2D eigenvalue weighted by Gasteiger charge is -2.43. The molecule has 21 heavy (non-hydrogen) atoms. The van der Waals surface area contributed by atoms with Gasteiger partial charge >= 0.3 is 5.97 Å². The number of rotatable bonds is 4. The minimum Gasteiger partial charge on any atom is -0.481 e. The largest absolute Gasteiger partial charge is 0.481 e. The fourth-order valence-corrected chi connectivity index (χ4v) is 3.01. The van der Waals surface area contributed by atoms with Gasteiger partial charge in [0.2, 0.25) is 0 Å². The predicted octanol–water partition coefficient (Wildman–Crippen LogP) is 2.03. The summed E-state index contributed by atoms with van der Waals surface area (Å²) < 4.78 is 0. The number of carbonyl (C=O) groups excluding carboxylic acids is 1. The van der Waals surface area contributed by atoms with Gasteiger partial charge in [0, 0.05) is 13.2 Å². The molecule has 0 spiro atoms. The Labute approximate surface area is 124 Å². The van der Waals surface area contributed by atoms with Gasteiger partial charge in [-0.2, -0.15) is 0 Å². The normalized spacial score (nSPS) is 17.2. The highest BCUT2D eigenvalue weighted by atomic mass is 16.4. The second kappa shape index (κ2) is 6.20. The van der Waals surface area contributed by atoms with Crippen LogP contribution in [0.2, 0.25) is 0 Å². The number of carboxylic acids is 1. The molecule has 6 nitrogen and oxygen atoms in total. The molecule has 1 aliphatic carbocycles. The van der Waals surface area contributed by atoms with E-state index >= 15 is 0 Å². The van der Waals surface area contributed by atoms with Gasteiger partial charge in [0.05, 0.1) is 23.9 Å². The minimum absolute atomic E-state index is 0.0193. The highest BCUT2D eigenvalue weighted by Crippen LogP contribution is 2.36. The molecule has 0 saturated heterocycles. The SMILES string of the molecule is Cc1cnc(C(=O)N(C)C2(CC(=O)O)CCCCC2)cn1. The fourth-order valence-electron chi connectivity index (χ4n) is 3.01. The summed E-state index contributed by atoms with van der Waals surface area (Å²) in [5.74, 6) is -1.13. The molecule has 0 radical (unpaired) electrons. The second-order valence-corrected chi connectivity index (χ2v) is 5.76. The number of aryl methyl sites for hydroxylation is 1. The molecule has 1 saturated carbocycles. The molecule has 0 aliphatic heterocycles. The summed E-state index contributed by atoms with van der Waals surface area (Å²) in [7, 11) is 1.68. The van der Waals surface area contributed by atoms with E-state index in [-0.39, 0.29) is 18.0 Å². The fraction of sp³-hybridized carbons (Fsp3) is 0.600. The molecule has 1 amide bonds. The number of nitrogens with zero attached hydrogens (tertiary/aromatic N) is 3. The molecule has 1 heterocycles. The van der Waals surface area contributed by atoms with Crippen molar-refractivity contribution in [3.63, 3.8) is 0 Å². The van der Waals surface area contributed by atoms with Crippen molar-refractivity contribution in [2.75, 3.05) is 7.05 Å². The third kappa shape index (κ3) is 3.37. The molecule has 0 aromatic carbocycles. The van der Waals surface area contributed by atoms with Gasteiger partial charge in [-0.3, -0.25) is 14.6 Å². The van der Waals surface area contributed by atoms with Crippen LogP contribution >= 0.6 is 0 Å². The van der Waals surface area contributed by atoms with Crippen LogP contribution in [0.4, 0.5) is 0 Å². The van der Waals surface area contributed by atoms with Gasteiger partial charge in [0.25, 0.3) is 5.91 Å². The van der Waals surface area contributed by atoms with Crippen LogP contribution < -0.4 is 0 Å². The Hall–Kier alpha value is -1.98. The average Bonchev–Trinajstić information content (AvgIpc) is 2.47. The number of hydrogen-bond donors (Lipinski definition) is 1. The molecular formula is C15H21N3O3. The first kappa shape index (κ1) is 15.4. The first-order valence-corrected chi connectivity index (χ1v) is 7.23. The Bertz CT molecular complexity index is 521. The van der Waals surface area contributed by atoms with Crippen molar-refractivity contribution in [3.05, 3.63) is 23.8 Å². The van der Waals surface area contributed by atoms with E-state index in [0.717, 1.165) is 37.8 Å². The first-order chi connectivity index (χ1) is 9.94. The van der Waals surface area contributed by atoms with Crippen LogP contribution in [0.5, 0.6) is 0 Å². The molecule has 0 unspecified atom stereocenters. The van der Waals surface area contributed by atoms with Crippen molar-refractivity contribution in [2.24, 2.45) is 0 Å². The molecule has 0 bridgehead atoms. The molecule has 0 atom stereocenters. The quantitative estimate of drug-likeness (QED) is 0.917. The summed E-state index contributed by atoms with van der Waals surface area (Å²) in [5.41, 5.74) is 0.402. The number of aromatic nitrogens is 2. The molecule has 6 heteroatoms. The maximum atomic E-state index is 12.6. The van der Waals surface area contributed by atoms with Crippen molar-refractivity contribution >= 4 is 11.9 Å². The Morgan fingerprint density at radius 1 is 1.24 bits per heavy atom. The Balaban J connectivity index is 2.24. The van der Waals surface area contributed by atoms with Gasteiger partial charge in [0.1, 0.15) is 5.69 Å². The van der Waals surface area contributed by atoms with Crippen LogP contribution in [0, 0.1) is 6.92 Å². The third-order valence-corrected chi connectivity index (χ3v) is 4.28. The van der Waals surface area contributed by atoms with E-state index in [1.54, 1.807) is 25.1 Å². The van der Waals surface area contributed by atoms with Crippen LogP contribution in [0.1, 0.15) is 54.7 Å². The van der Waals surface area contributed by atoms with Gasteiger partial charge < -0.3 is 10.0 Å². The van der Waals surface area contributed by atoms with Crippen molar-refractivity contribution < 1.29 is 14.7 Å². The maximum absolute atomic E-state index is 12.6. The molecule has 1 fully saturated rings. The Morgan fingerprint density at radius 3 is 2.43 bits per heavy atom. The van der Waals surface area contributed by atoms with Crippen molar-refractivity contribution in [1.82, 2.24) is 14.9 Å². The lowest BCUT2D eigenvalue weighted by atomic mass is 9.78. The zero-order chi connectivity index (χ0) is 15.5. The van der Waals surface area contributed by atoms with E-state index in [0.29, 0.717) is 0 Å². The average molecular weight is 291 g/mol. The molecule has 114 valence electrons. The lowest BCUT2D eigenvalue weighted by molar-refractivity contribution is -0.140. The Kier molecular flexibility index (Phi) is 4.55. The number of carbonyl (C=O) groups is 2. The lowest BCUT2D eigenvalue weighted by Crippen LogP contribution is -2.52. The molecule has 2 rings (SSSR count). The molecule has 1 aliphatic rings. The van der Waals surface area contributed by atoms with Crippen LogP contribution in [0.25, 0.3) is 0 Å². The van der Waals surface area contributed by atoms with E-state index in [1.807, 2.05) is 0 Å². The van der Waals surface area contributed by atoms with Crippen LogP contribution in [0.3, 0.4) is 0 Å². The standard InChI is InChI=1S/C15H21N3O3/c1-11-9-17-12(10-16-11)14(21)18(2)15(8-13(19)20)6-4-3-5-7-15/h9-10H,3-8H2,1-2H3,(H,19,20). The summed E-state index contributed by atoms with van der Waals surface area (Å²) in [5, 5.41) is 9.20. The van der Waals surface area contributed by atoms with Gasteiger partial charge in [0.15, 0.2) is 0 Å². The van der Waals surface area contributed by atoms with Crippen molar-refractivity contribution in [2.45, 2.75) is 51.0 Å². The second-order valence-electron chi connectivity index (χ2n) is 5.76. The smallest absolute Gasteiger partial charge is 0.305 e. The first-order valence-electron chi connectivity index (χ1n) is 7.23. The summed E-state index contributed by atoms with van der Waals surface area (Å²) in [6, 6.07) is 0. The molecule has 1 N–H and O–H groups in total.